The molecule has 1 saturated heterocycles. The van der Waals surface area contributed by atoms with E-state index in [2.05, 4.69) is 56.5 Å². The van der Waals surface area contributed by atoms with Crippen LogP contribution in [-0.2, 0) is 13.1 Å². The van der Waals surface area contributed by atoms with Crippen LogP contribution >= 0.6 is 24.0 Å². The summed E-state index contributed by atoms with van der Waals surface area (Å²) in [7, 11) is 1.71. The molecule has 0 radical (unpaired) electrons. The Kier molecular flexibility index (Phi) is 10.5. The number of hydrogen-bond donors (Lipinski definition) is 2. The molecule has 0 amide bonds. The van der Waals surface area contributed by atoms with Crippen molar-refractivity contribution in [3.8, 4) is 5.75 Å². The normalized spacial score (nSPS) is 19.6. The molecule has 1 aliphatic rings. The molecule has 1 heterocycles. The summed E-state index contributed by atoms with van der Waals surface area (Å²) in [6, 6.07) is 18.1. The van der Waals surface area contributed by atoms with Gasteiger partial charge in [-0.25, -0.2) is 0 Å². The van der Waals surface area contributed by atoms with Gasteiger partial charge in [-0.3, -0.25) is 9.89 Å². The molecule has 2 atom stereocenters. The minimum Gasteiger partial charge on any atom is -0.434 e. The van der Waals surface area contributed by atoms with E-state index in [9.17, 15) is 8.78 Å². The first-order valence-corrected chi connectivity index (χ1v) is 10.3. The minimum absolute atomic E-state index is 0. The SMILES string of the molecule is CN=C(NCc1ccccc1OC(F)F)NC1CCN(Cc2ccccc2)C(C)C1.I. The highest BCUT2D eigenvalue weighted by Gasteiger charge is 2.26. The summed E-state index contributed by atoms with van der Waals surface area (Å²) in [6.07, 6.45) is 2.03. The summed E-state index contributed by atoms with van der Waals surface area (Å²) in [5.74, 6) is 0.842. The van der Waals surface area contributed by atoms with Gasteiger partial charge in [0.2, 0.25) is 0 Å². The van der Waals surface area contributed by atoms with Crippen molar-refractivity contribution in [2.45, 2.75) is 51.6 Å². The Labute approximate surface area is 200 Å². The van der Waals surface area contributed by atoms with Crippen LogP contribution in [-0.4, -0.2) is 43.1 Å². The van der Waals surface area contributed by atoms with Crippen molar-refractivity contribution in [1.29, 1.82) is 0 Å². The lowest BCUT2D eigenvalue weighted by Gasteiger charge is -2.38. The van der Waals surface area contributed by atoms with E-state index in [1.54, 1.807) is 31.3 Å². The fraction of sp³-hybridized carbons (Fsp3) is 0.435. The minimum atomic E-state index is -2.84. The number of para-hydroxylation sites is 1. The van der Waals surface area contributed by atoms with Crippen LogP contribution in [0.2, 0.25) is 0 Å². The molecule has 0 saturated carbocycles. The number of hydrogen-bond acceptors (Lipinski definition) is 3. The Hall–Kier alpha value is -1.94. The van der Waals surface area contributed by atoms with Gasteiger partial charge in [0, 0.05) is 44.3 Å². The molecule has 0 spiro atoms. The largest absolute Gasteiger partial charge is 0.434 e. The Morgan fingerprint density at radius 2 is 1.87 bits per heavy atom. The highest BCUT2D eigenvalue weighted by atomic mass is 127. The number of piperidine rings is 1. The number of ether oxygens (including phenoxy) is 1. The van der Waals surface area contributed by atoms with Crippen molar-refractivity contribution in [2.75, 3.05) is 13.6 Å². The van der Waals surface area contributed by atoms with Gasteiger partial charge in [-0.1, -0.05) is 48.5 Å². The Morgan fingerprint density at radius 1 is 1.16 bits per heavy atom. The van der Waals surface area contributed by atoms with Gasteiger partial charge in [0.05, 0.1) is 0 Å². The van der Waals surface area contributed by atoms with E-state index < -0.39 is 6.61 Å². The third kappa shape index (κ3) is 7.92. The summed E-state index contributed by atoms with van der Waals surface area (Å²) in [5.41, 5.74) is 1.99. The molecule has 0 aromatic heterocycles. The number of likely N-dealkylation sites (tertiary alicyclic amines) is 1. The van der Waals surface area contributed by atoms with Gasteiger partial charge in [-0.2, -0.15) is 8.78 Å². The molecule has 31 heavy (non-hydrogen) atoms. The third-order valence-corrected chi connectivity index (χ3v) is 5.44. The van der Waals surface area contributed by atoms with Crippen LogP contribution in [0.4, 0.5) is 8.78 Å². The van der Waals surface area contributed by atoms with Crippen molar-refractivity contribution in [2.24, 2.45) is 4.99 Å². The molecule has 2 aromatic carbocycles. The van der Waals surface area contributed by atoms with Crippen LogP contribution in [0.1, 0.15) is 30.9 Å². The van der Waals surface area contributed by atoms with Crippen molar-refractivity contribution in [3.05, 3.63) is 65.7 Å². The second kappa shape index (κ2) is 12.8. The van der Waals surface area contributed by atoms with Crippen molar-refractivity contribution < 1.29 is 13.5 Å². The van der Waals surface area contributed by atoms with Gasteiger partial charge in [0.1, 0.15) is 5.75 Å². The molecule has 0 aliphatic carbocycles. The first-order chi connectivity index (χ1) is 14.5. The Balaban J connectivity index is 0.00000341. The summed E-state index contributed by atoms with van der Waals surface area (Å²) >= 11 is 0. The van der Waals surface area contributed by atoms with Gasteiger partial charge in [0.15, 0.2) is 5.96 Å². The number of halogens is 3. The van der Waals surface area contributed by atoms with Crippen LogP contribution in [0.25, 0.3) is 0 Å². The molecule has 170 valence electrons. The van der Waals surface area contributed by atoms with E-state index in [1.165, 1.54) is 5.56 Å². The molecule has 0 bridgehead atoms. The topological polar surface area (TPSA) is 48.9 Å². The number of benzene rings is 2. The smallest absolute Gasteiger partial charge is 0.387 e. The lowest BCUT2D eigenvalue weighted by molar-refractivity contribution is -0.0504. The van der Waals surface area contributed by atoms with Gasteiger partial charge >= 0.3 is 6.61 Å². The summed E-state index contributed by atoms with van der Waals surface area (Å²) in [6.45, 7) is 1.74. The second-order valence-corrected chi connectivity index (χ2v) is 7.58. The average Bonchev–Trinajstić information content (AvgIpc) is 2.74. The second-order valence-electron chi connectivity index (χ2n) is 7.58. The molecule has 5 nitrogen and oxygen atoms in total. The fourth-order valence-electron chi connectivity index (χ4n) is 3.83. The van der Waals surface area contributed by atoms with Crippen LogP contribution in [0.3, 0.4) is 0 Å². The molecule has 1 aliphatic heterocycles. The zero-order valence-electron chi connectivity index (χ0n) is 17.9. The van der Waals surface area contributed by atoms with Crippen LogP contribution in [0.15, 0.2) is 59.6 Å². The summed E-state index contributed by atoms with van der Waals surface area (Å²) in [4.78, 5) is 6.79. The number of rotatable bonds is 7. The van der Waals surface area contributed by atoms with Gasteiger partial charge < -0.3 is 15.4 Å². The van der Waals surface area contributed by atoms with Gasteiger partial charge in [-0.05, 0) is 31.4 Å². The fourth-order valence-corrected chi connectivity index (χ4v) is 3.83. The van der Waals surface area contributed by atoms with Crippen LogP contribution < -0.4 is 15.4 Å². The monoisotopic (exact) mass is 544 g/mol. The number of nitrogens with zero attached hydrogens (tertiary/aromatic N) is 2. The maximum Gasteiger partial charge on any atom is 0.387 e. The maximum absolute atomic E-state index is 12.6. The molecule has 1 fully saturated rings. The molecule has 2 unspecified atom stereocenters. The summed E-state index contributed by atoms with van der Waals surface area (Å²) in [5, 5.41) is 6.69. The van der Waals surface area contributed by atoms with E-state index in [-0.39, 0.29) is 29.7 Å². The Bertz CT molecular complexity index is 822. The predicted molar refractivity (Wildman–Crippen MR) is 131 cm³/mol. The van der Waals surface area contributed by atoms with Crippen molar-refractivity contribution in [3.63, 3.8) is 0 Å². The first kappa shape index (κ1) is 25.3. The third-order valence-electron chi connectivity index (χ3n) is 5.44. The standard InChI is InChI=1S/C23H30F2N4O.HI/c1-17-14-20(12-13-29(17)16-18-8-4-3-5-9-18)28-23(26-2)27-15-19-10-6-7-11-21(19)30-22(24)25;/h3-11,17,20,22H,12-16H2,1-2H3,(H2,26,27,28);1H. The number of nitrogens with one attached hydrogen (secondary N) is 2. The van der Waals surface area contributed by atoms with Crippen molar-refractivity contribution in [1.82, 2.24) is 15.5 Å². The predicted octanol–water partition coefficient (Wildman–Crippen LogP) is 4.62. The van der Waals surface area contributed by atoms with Crippen molar-refractivity contribution >= 4 is 29.9 Å². The number of aliphatic imine (C=N–C) groups is 1. The quantitative estimate of drug-likeness (QED) is 0.304. The van der Waals surface area contributed by atoms with E-state index in [0.29, 0.717) is 30.2 Å². The Morgan fingerprint density at radius 3 is 2.55 bits per heavy atom. The average molecular weight is 544 g/mol. The maximum atomic E-state index is 12.6. The lowest BCUT2D eigenvalue weighted by Crippen LogP contribution is -2.51. The van der Waals surface area contributed by atoms with Crippen LogP contribution in [0, 0.1) is 0 Å². The van der Waals surface area contributed by atoms with Crippen LogP contribution in [0.5, 0.6) is 5.75 Å². The number of alkyl halides is 2. The molecule has 3 rings (SSSR count). The van der Waals surface area contributed by atoms with E-state index in [1.807, 2.05) is 6.07 Å². The molecule has 8 heteroatoms. The zero-order valence-corrected chi connectivity index (χ0v) is 20.3. The highest BCUT2D eigenvalue weighted by Crippen LogP contribution is 2.21. The molecule has 2 aromatic rings. The highest BCUT2D eigenvalue weighted by molar-refractivity contribution is 14.0. The number of guanidine groups is 1. The van der Waals surface area contributed by atoms with Gasteiger partial charge in [-0.15, -0.1) is 24.0 Å². The molecular weight excluding hydrogens is 513 g/mol. The van der Waals surface area contributed by atoms with Gasteiger partial charge in [0.25, 0.3) is 0 Å². The summed E-state index contributed by atoms with van der Waals surface area (Å²) < 4.78 is 29.8. The first-order valence-electron chi connectivity index (χ1n) is 10.3. The van der Waals surface area contributed by atoms with E-state index in [0.717, 1.165) is 25.9 Å². The molecular formula is C23H31F2IN4O. The van der Waals surface area contributed by atoms with E-state index in [4.69, 9.17) is 0 Å². The molecule has 2 N–H and O–H groups in total. The lowest BCUT2D eigenvalue weighted by atomic mass is 9.97. The zero-order chi connectivity index (χ0) is 21.3. The van der Waals surface area contributed by atoms with E-state index >= 15 is 0 Å².